The van der Waals surface area contributed by atoms with E-state index in [4.69, 9.17) is 4.74 Å². The molecule has 2 aliphatic rings. The van der Waals surface area contributed by atoms with Crippen LogP contribution in [0, 0.1) is 0 Å². The van der Waals surface area contributed by atoms with Gasteiger partial charge in [-0.3, -0.25) is 19.8 Å². The minimum atomic E-state index is -0.828. The number of pyridine rings is 1. The molecule has 9 heteroatoms. The summed E-state index contributed by atoms with van der Waals surface area (Å²) in [5.74, 6) is 1.12. The Morgan fingerprint density at radius 1 is 1.37 bits per heavy atom. The van der Waals surface area contributed by atoms with Crippen LogP contribution in [-0.2, 0) is 11.2 Å². The number of amides is 2. The van der Waals surface area contributed by atoms with E-state index in [9.17, 15) is 14.7 Å². The molecule has 2 amide bonds. The van der Waals surface area contributed by atoms with Crippen LogP contribution in [0.2, 0.25) is 0 Å². The van der Waals surface area contributed by atoms with Crippen molar-refractivity contribution in [3.8, 4) is 5.75 Å². The number of hydrogen-bond donors (Lipinski definition) is 3. The number of nitrogens with zero attached hydrogens (tertiary/aromatic N) is 3. The zero-order valence-electron chi connectivity index (χ0n) is 17.2. The molecular formula is C21H27N5O4. The summed E-state index contributed by atoms with van der Waals surface area (Å²) in [6.07, 6.45) is 5.27. The highest BCUT2D eigenvalue weighted by atomic mass is 16.5. The van der Waals surface area contributed by atoms with Crippen molar-refractivity contribution in [2.45, 2.75) is 62.9 Å². The first-order chi connectivity index (χ1) is 14.4. The Kier molecular flexibility index (Phi) is 5.36. The Morgan fingerprint density at radius 2 is 2.17 bits per heavy atom. The summed E-state index contributed by atoms with van der Waals surface area (Å²) < 4.78 is 5.07. The summed E-state index contributed by atoms with van der Waals surface area (Å²) in [5, 5.41) is 19.7. The predicted molar refractivity (Wildman–Crippen MR) is 110 cm³/mol. The second kappa shape index (κ2) is 7.97. The number of carbonyl (C=O) groups excluding carboxylic acids is 1. The van der Waals surface area contributed by atoms with Gasteiger partial charge in [-0.1, -0.05) is 0 Å². The standard InChI is InChI=1S/C21H27N5O4/c1-21(7-8-21)26(20(28)29)15-5-3-13(9-15)17-11-18(25-24-17)23-19(27)10-14-4-6-16(30-2)12-22-14/h4,6,11-13,15H,3,5,7-10H2,1-2H3,(H,28,29)(H2,23,24,25,27). The first-order valence-corrected chi connectivity index (χ1v) is 10.2. The van der Waals surface area contributed by atoms with E-state index in [1.807, 2.05) is 13.0 Å². The second-order valence-corrected chi connectivity index (χ2v) is 8.44. The fraction of sp³-hybridized carbons (Fsp3) is 0.524. The summed E-state index contributed by atoms with van der Waals surface area (Å²) in [7, 11) is 1.57. The van der Waals surface area contributed by atoms with Crippen LogP contribution in [-0.4, -0.2) is 55.9 Å². The molecule has 0 bridgehead atoms. The number of aromatic nitrogens is 3. The molecule has 2 aliphatic carbocycles. The van der Waals surface area contributed by atoms with Gasteiger partial charge in [-0.25, -0.2) is 4.79 Å². The fourth-order valence-electron chi connectivity index (χ4n) is 4.32. The molecule has 2 fully saturated rings. The number of ether oxygens (including phenoxy) is 1. The van der Waals surface area contributed by atoms with Gasteiger partial charge in [0.15, 0.2) is 5.82 Å². The van der Waals surface area contributed by atoms with Crippen molar-refractivity contribution in [2.24, 2.45) is 0 Å². The molecule has 160 valence electrons. The Labute approximate surface area is 174 Å². The third-order valence-corrected chi connectivity index (χ3v) is 6.21. The number of rotatable bonds is 7. The van der Waals surface area contributed by atoms with Gasteiger partial charge in [0, 0.05) is 35.0 Å². The third kappa shape index (κ3) is 4.24. The van der Waals surface area contributed by atoms with Gasteiger partial charge >= 0.3 is 6.09 Å². The molecule has 9 nitrogen and oxygen atoms in total. The number of aromatic amines is 1. The van der Waals surface area contributed by atoms with Gasteiger partial charge in [0.2, 0.25) is 5.91 Å². The maximum absolute atomic E-state index is 12.3. The molecule has 2 aromatic heterocycles. The summed E-state index contributed by atoms with van der Waals surface area (Å²) >= 11 is 0. The molecular weight excluding hydrogens is 386 g/mol. The maximum atomic E-state index is 12.3. The number of anilines is 1. The predicted octanol–water partition coefficient (Wildman–Crippen LogP) is 3.16. The van der Waals surface area contributed by atoms with Crippen LogP contribution in [0.1, 0.15) is 56.3 Å². The molecule has 4 rings (SSSR count). The van der Waals surface area contributed by atoms with Gasteiger partial charge in [-0.05, 0) is 51.2 Å². The van der Waals surface area contributed by atoms with Crippen molar-refractivity contribution in [3.63, 3.8) is 0 Å². The average molecular weight is 413 g/mol. The Bertz CT molecular complexity index is 922. The molecule has 0 aliphatic heterocycles. The van der Waals surface area contributed by atoms with Crippen LogP contribution >= 0.6 is 0 Å². The van der Waals surface area contributed by atoms with Gasteiger partial charge in [-0.2, -0.15) is 5.10 Å². The highest BCUT2D eigenvalue weighted by Gasteiger charge is 2.50. The monoisotopic (exact) mass is 413 g/mol. The average Bonchev–Trinajstić information content (AvgIpc) is 3.09. The zero-order valence-corrected chi connectivity index (χ0v) is 17.2. The first-order valence-electron chi connectivity index (χ1n) is 10.2. The molecule has 0 spiro atoms. The molecule has 2 atom stereocenters. The fourth-order valence-corrected chi connectivity index (χ4v) is 4.32. The van der Waals surface area contributed by atoms with E-state index in [1.165, 1.54) is 0 Å². The molecule has 0 radical (unpaired) electrons. The zero-order chi connectivity index (χ0) is 21.3. The highest BCUT2D eigenvalue weighted by molar-refractivity contribution is 5.91. The highest BCUT2D eigenvalue weighted by Crippen LogP contribution is 2.47. The van der Waals surface area contributed by atoms with Crippen molar-refractivity contribution < 1.29 is 19.4 Å². The number of methoxy groups -OCH3 is 1. The summed E-state index contributed by atoms with van der Waals surface area (Å²) in [5.41, 5.74) is 1.38. The molecule has 2 unspecified atom stereocenters. The number of hydrogen-bond acceptors (Lipinski definition) is 5. The summed E-state index contributed by atoms with van der Waals surface area (Å²) in [6.45, 7) is 2.02. The van der Waals surface area contributed by atoms with E-state index in [1.54, 1.807) is 30.3 Å². The van der Waals surface area contributed by atoms with Crippen LogP contribution < -0.4 is 10.1 Å². The quantitative estimate of drug-likeness (QED) is 0.641. The Balaban J connectivity index is 1.33. The van der Waals surface area contributed by atoms with Gasteiger partial charge < -0.3 is 15.2 Å². The lowest BCUT2D eigenvalue weighted by Crippen LogP contribution is -2.45. The van der Waals surface area contributed by atoms with Crippen molar-refractivity contribution in [2.75, 3.05) is 12.4 Å². The number of nitrogens with one attached hydrogen (secondary N) is 2. The largest absolute Gasteiger partial charge is 0.495 e. The summed E-state index contributed by atoms with van der Waals surface area (Å²) in [4.78, 5) is 29.9. The second-order valence-electron chi connectivity index (χ2n) is 8.44. The molecule has 2 heterocycles. The molecule has 0 saturated heterocycles. The van der Waals surface area contributed by atoms with Crippen LogP contribution in [0.3, 0.4) is 0 Å². The van der Waals surface area contributed by atoms with E-state index in [-0.39, 0.29) is 29.8 Å². The normalized spacial score (nSPS) is 21.8. The number of H-pyrrole nitrogens is 1. The SMILES string of the molecule is COc1ccc(CC(=O)Nc2cc(C3CCC(N(C(=O)O)C4(C)CC4)C3)[nH]n2)nc1. The van der Waals surface area contributed by atoms with Crippen molar-refractivity contribution in [1.29, 1.82) is 0 Å². The van der Waals surface area contributed by atoms with Gasteiger partial charge in [0.25, 0.3) is 0 Å². The lowest BCUT2D eigenvalue weighted by molar-refractivity contribution is -0.115. The van der Waals surface area contributed by atoms with E-state index >= 15 is 0 Å². The molecule has 2 saturated carbocycles. The van der Waals surface area contributed by atoms with Gasteiger partial charge in [0.05, 0.1) is 19.7 Å². The van der Waals surface area contributed by atoms with Crippen molar-refractivity contribution >= 4 is 17.8 Å². The van der Waals surface area contributed by atoms with E-state index < -0.39 is 6.09 Å². The smallest absolute Gasteiger partial charge is 0.408 e. The van der Waals surface area contributed by atoms with Gasteiger partial charge in [-0.15, -0.1) is 0 Å². The third-order valence-electron chi connectivity index (χ3n) is 6.21. The topological polar surface area (TPSA) is 120 Å². The number of carbonyl (C=O) groups is 2. The molecule has 0 aromatic carbocycles. The Morgan fingerprint density at radius 3 is 2.80 bits per heavy atom. The van der Waals surface area contributed by atoms with E-state index in [0.29, 0.717) is 17.3 Å². The van der Waals surface area contributed by atoms with Crippen LogP contribution in [0.5, 0.6) is 5.75 Å². The molecule has 2 aromatic rings. The first kappa shape index (κ1) is 20.2. The minimum absolute atomic E-state index is 0.0301. The van der Waals surface area contributed by atoms with Gasteiger partial charge in [0.1, 0.15) is 5.75 Å². The lowest BCUT2D eigenvalue weighted by Gasteiger charge is -2.32. The lowest BCUT2D eigenvalue weighted by atomic mass is 10.0. The summed E-state index contributed by atoms with van der Waals surface area (Å²) in [6, 6.07) is 5.39. The Hall–Kier alpha value is -3.10. The molecule has 3 N–H and O–H groups in total. The molecule has 30 heavy (non-hydrogen) atoms. The van der Waals surface area contributed by atoms with Crippen molar-refractivity contribution in [3.05, 3.63) is 35.8 Å². The van der Waals surface area contributed by atoms with E-state index in [0.717, 1.165) is 37.8 Å². The van der Waals surface area contributed by atoms with E-state index in [2.05, 4.69) is 20.5 Å². The van der Waals surface area contributed by atoms with Crippen molar-refractivity contribution in [1.82, 2.24) is 20.1 Å². The maximum Gasteiger partial charge on any atom is 0.408 e. The minimum Gasteiger partial charge on any atom is -0.495 e. The number of carboxylic acid groups (broad SMARTS) is 1. The van der Waals surface area contributed by atoms with Crippen LogP contribution in [0.15, 0.2) is 24.4 Å². The van der Waals surface area contributed by atoms with Crippen LogP contribution in [0.4, 0.5) is 10.6 Å². The van der Waals surface area contributed by atoms with Crippen LogP contribution in [0.25, 0.3) is 0 Å².